The average molecular weight is 714 g/mol. The molecule has 0 fully saturated rings. The third kappa shape index (κ3) is 5.42. The molecular weight excluding hydrogens is 679 g/mol. The van der Waals surface area contributed by atoms with Crippen LogP contribution in [0.5, 0.6) is 0 Å². The molecular formula is C54H35NO. The van der Waals surface area contributed by atoms with E-state index in [2.05, 4.69) is 199 Å². The highest BCUT2D eigenvalue weighted by Gasteiger charge is 2.19. The lowest BCUT2D eigenvalue weighted by Crippen LogP contribution is -2.10. The van der Waals surface area contributed by atoms with Gasteiger partial charge in [-0.05, 0) is 102 Å². The van der Waals surface area contributed by atoms with E-state index in [0.29, 0.717) is 0 Å². The van der Waals surface area contributed by atoms with Gasteiger partial charge in [-0.1, -0.05) is 170 Å². The maximum atomic E-state index is 6.28. The van der Waals surface area contributed by atoms with E-state index in [-0.39, 0.29) is 0 Å². The van der Waals surface area contributed by atoms with E-state index in [4.69, 9.17) is 4.42 Å². The van der Waals surface area contributed by atoms with Crippen LogP contribution in [-0.2, 0) is 0 Å². The summed E-state index contributed by atoms with van der Waals surface area (Å²) < 4.78 is 6.28. The van der Waals surface area contributed by atoms with Gasteiger partial charge in [-0.25, -0.2) is 0 Å². The zero-order valence-electron chi connectivity index (χ0n) is 30.6. The summed E-state index contributed by atoms with van der Waals surface area (Å²) in [5.74, 6) is 0.880. The van der Waals surface area contributed by atoms with Gasteiger partial charge in [0.2, 0.25) is 0 Å². The van der Waals surface area contributed by atoms with Crippen molar-refractivity contribution in [3.8, 4) is 33.6 Å². The van der Waals surface area contributed by atoms with Crippen molar-refractivity contribution in [2.45, 2.75) is 0 Å². The minimum absolute atomic E-state index is 0.880. The number of hydrogen-bond acceptors (Lipinski definition) is 2. The molecule has 11 rings (SSSR count). The summed E-state index contributed by atoms with van der Waals surface area (Å²) in [4.78, 5) is 2.42. The SMILES string of the molecule is c1ccc(-c2cc3ccccc3o2)c(-c2ccc(-c3ccc(N(c4ccc5c(ccc6ccccc65)c4)c4cc5ccccc5c5ccccc45)cc3)cc2)c1. The molecule has 0 atom stereocenters. The number of hydrogen-bond donors (Lipinski definition) is 0. The first-order chi connectivity index (χ1) is 27.7. The number of benzene rings is 10. The molecule has 11 aromatic rings. The Labute approximate surface area is 325 Å². The summed E-state index contributed by atoms with van der Waals surface area (Å²) in [5, 5.41) is 11.1. The van der Waals surface area contributed by atoms with Gasteiger partial charge in [0.25, 0.3) is 0 Å². The number of anilines is 3. The maximum Gasteiger partial charge on any atom is 0.136 e. The predicted molar refractivity (Wildman–Crippen MR) is 237 cm³/mol. The molecule has 56 heavy (non-hydrogen) atoms. The molecule has 1 heterocycles. The molecule has 0 spiro atoms. The second-order valence-electron chi connectivity index (χ2n) is 14.5. The fourth-order valence-electron chi connectivity index (χ4n) is 8.50. The van der Waals surface area contributed by atoms with Gasteiger partial charge in [-0.3, -0.25) is 0 Å². The molecule has 0 bridgehead atoms. The Hall–Kier alpha value is -7.42. The van der Waals surface area contributed by atoms with Crippen LogP contribution in [0, 0.1) is 0 Å². The molecule has 0 saturated heterocycles. The molecule has 0 aliphatic rings. The monoisotopic (exact) mass is 713 g/mol. The van der Waals surface area contributed by atoms with Crippen molar-refractivity contribution >= 4 is 71.1 Å². The highest BCUT2D eigenvalue weighted by Crippen LogP contribution is 2.44. The molecule has 0 amide bonds. The molecule has 0 N–H and O–H groups in total. The number of para-hydroxylation sites is 1. The second kappa shape index (κ2) is 13.2. The first-order valence-corrected chi connectivity index (χ1v) is 19.2. The van der Waals surface area contributed by atoms with Crippen LogP contribution in [0.3, 0.4) is 0 Å². The van der Waals surface area contributed by atoms with Crippen LogP contribution < -0.4 is 4.90 Å². The highest BCUT2D eigenvalue weighted by atomic mass is 16.3. The van der Waals surface area contributed by atoms with Crippen molar-refractivity contribution in [2.24, 2.45) is 0 Å². The quantitative estimate of drug-likeness (QED) is 0.160. The molecule has 2 heteroatoms. The first kappa shape index (κ1) is 32.0. The van der Waals surface area contributed by atoms with Gasteiger partial charge in [0.1, 0.15) is 11.3 Å². The molecule has 2 nitrogen and oxygen atoms in total. The van der Waals surface area contributed by atoms with Gasteiger partial charge in [-0.15, -0.1) is 0 Å². The van der Waals surface area contributed by atoms with Crippen LogP contribution >= 0.6 is 0 Å². The van der Waals surface area contributed by atoms with Crippen molar-refractivity contribution in [3.63, 3.8) is 0 Å². The summed E-state index contributed by atoms with van der Waals surface area (Å²) in [6.45, 7) is 0. The van der Waals surface area contributed by atoms with Crippen LogP contribution in [0.25, 0.3) is 87.6 Å². The average Bonchev–Trinajstić information content (AvgIpc) is 3.71. The van der Waals surface area contributed by atoms with Crippen molar-refractivity contribution in [1.82, 2.24) is 0 Å². The van der Waals surface area contributed by atoms with Gasteiger partial charge in [-0.2, -0.15) is 0 Å². The minimum atomic E-state index is 0.880. The van der Waals surface area contributed by atoms with E-state index in [9.17, 15) is 0 Å². The van der Waals surface area contributed by atoms with E-state index in [1.54, 1.807) is 0 Å². The third-order valence-corrected chi connectivity index (χ3v) is 11.2. The number of fused-ring (bicyclic) bond motifs is 7. The molecule has 262 valence electrons. The molecule has 0 aliphatic heterocycles. The molecule has 0 unspecified atom stereocenters. The molecule has 0 radical (unpaired) electrons. The first-order valence-electron chi connectivity index (χ1n) is 19.2. The van der Waals surface area contributed by atoms with Crippen molar-refractivity contribution in [2.75, 3.05) is 4.90 Å². The third-order valence-electron chi connectivity index (χ3n) is 11.2. The van der Waals surface area contributed by atoms with Crippen molar-refractivity contribution < 1.29 is 4.42 Å². The summed E-state index contributed by atoms with van der Waals surface area (Å²) in [6.07, 6.45) is 0. The number of rotatable bonds is 6. The van der Waals surface area contributed by atoms with Crippen molar-refractivity contribution in [3.05, 3.63) is 212 Å². The molecule has 10 aromatic carbocycles. The van der Waals surface area contributed by atoms with Crippen LogP contribution in [0.4, 0.5) is 17.1 Å². The maximum absolute atomic E-state index is 6.28. The van der Waals surface area contributed by atoms with Gasteiger partial charge < -0.3 is 9.32 Å². The van der Waals surface area contributed by atoms with E-state index in [1.165, 1.54) is 54.2 Å². The largest absolute Gasteiger partial charge is 0.456 e. The Morgan fingerprint density at radius 3 is 1.59 bits per heavy atom. The van der Waals surface area contributed by atoms with E-state index < -0.39 is 0 Å². The fraction of sp³-hybridized carbons (Fsp3) is 0. The normalized spacial score (nSPS) is 11.6. The lowest BCUT2D eigenvalue weighted by atomic mass is 9.95. The lowest BCUT2D eigenvalue weighted by molar-refractivity contribution is 0.632. The Bertz CT molecular complexity index is 3210. The molecule has 0 saturated carbocycles. The van der Waals surface area contributed by atoms with Gasteiger partial charge in [0.05, 0.1) is 5.69 Å². The lowest BCUT2D eigenvalue weighted by Gasteiger charge is -2.28. The molecule has 0 aliphatic carbocycles. The Balaban J connectivity index is 1.00. The summed E-state index contributed by atoms with van der Waals surface area (Å²) in [7, 11) is 0. The predicted octanol–water partition coefficient (Wildman–Crippen LogP) is 15.5. The van der Waals surface area contributed by atoms with Crippen LogP contribution in [0.2, 0.25) is 0 Å². The Morgan fingerprint density at radius 2 is 0.821 bits per heavy atom. The smallest absolute Gasteiger partial charge is 0.136 e. The van der Waals surface area contributed by atoms with Gasteiger partial charge >= 0.3 is 0 Å². The van der Waals surface area contributed by atoms with Crippen LogP contribution in [0.1, 0.15) is 0 Å². The summed E-state index contributed by atoms with van der Waals surface area (Å²) >= 11 is 0. The Kier molecular flexibility index (Phi) is 7.53. The van der Waals surface area contributed by atoms with Gasteiger partial charge in [0, 0.05) is 27.7 Å². The second-order valence-corrected chi connectivity index (χ2v) is 14.5. The zero-order chi connectivity index (χ0) is 37.0. The zero-order valence-corrected chi connectivity index (χ0v) is 30.6. The van der Waals surface area contributed by atoms with E-state index in [0.717, 1.165) is 50.5 Å². The highest BCUT2D eigenvalue weighted by molar-refractivity contribution is 6.15. The van der Waals surface area contributed by atoms with E-state index in [1.807, 2.05) is 18.2 Å². The fourth-order valence-corrected chi connectivity index (χ4v) is 8.50. The van der Waals surface area contributed by atoms with Crippen LogP contribution in [0.15, 0.2) is 217 Å². The van der Waals surface area contributed by atoms with Gasteiger partial charge in [0.15, 0.2) is 0 Å². The number of furan rings is 1. The summed E-state index contributed by atoms with van der Waals surface area (Å²) in [5.41, 5.74) is 10.00. The molecule has 1 aromatic heterocycles. The summed E-state index contributed by atoms with van der Waals surface area (Å²) in [6, 6.07) is 76.5. The minimum Gasteiger partial charge on any atom is -0.456 e. The topological polar surface area (TPSA) is 16.4 Å². The number of nitrogens with zero attached hydrogens (tertiary/aromatic N) is 1. The standard InChI is InChI=1S/C54H35NO/c1-4-14-45-38(11-1)25-26-41-33-44(31-32-48(41)45)55(52-34-40-12-2-5-16-47(40)49-17-7-8-18-50(49)52)43-29-27-37(28-30-43)36-21-23-39(24-22-36)46-15-6-9-19-51(46)54-35-42-13-3-10-20-53(42)56-54/h1-35H. The van der Waals surface area contributed by atoms with E-state index >= 15 is 0 Å². The van der Waals surface area contributed by atoms with Crippen molar-refractivity contribution in [1.29, 1.82) is 0 Å². The Morgan fingerprint density at radius 1 is 0.304 bits per heavy atom. The van der Waals surface area contributed by atoms with Crippen LogP contribution in [-0.4, -0.2) is 0 Å².